The predicted molar refractivity (Wildman–Crippen MR) is 124 cm³/mol. The Kier molecular flexibility index (Phi) is 12.5. The first-order valence-corrected chi connectivity index (χ1v) is 10.1. The summed E-state index contributed by atoms with van der Waals surface area (Å²) >= 11 is 8.90. The monoisotopic (exact) mass is 502 g/mol. The fourth-order valence-electron chi connectivity index (χ4n) is 2.74. The van der Waals surface area contributed by atoms with E-state index < -0.39 is 0 Å². The number of thiol groups is 2. The van der Waals surface area contributed by atoms with Crippen molar-refractivity contribution in [1.82, 2.24) is 5.32 Å². The molecule has 0 aliphatic heterocycles. The minimum absolute atomic E-state index is 0. The molecule has 0 heterocycles. The molecule has 7 heteroatoms. The van der Waals surface area contributed by atoms with Gasteiger partial charge in [0.1, 0.15) is 0 Å². The Labute approximate surface area is 194 Å². The number of nitrogens with zero attached hydrogens (tertiary/aromatic N) is 1. The van der Waals surface area contributed by atoms with Crippen molar-refractivity contribution in [3.05, 3.63) is 48.0 Å². The van der Waals surface area contributed by atoms with Crippen molar-refractivity contribution in [3.8, 4) is 11.1 Å². The van der Waals surface area contributed by atoms with E-state index in [0.717, 1.165) is 31.1 Å². The summed E-state index contributed by atoms with van der Waals surface area (Å²) in [5.74, 6) is 0.810. The van der Waals surface area contributed by atoms with Crippen LogP contribution in [0.5, 0.6) is 0 Å². The van der Waals surface area contributed by atoms with Crippen molar-refractivity contribution < 1.29 is 25.6 Å². The molecule has 28 heavy (non-hydrogen) atoms. The Bertz CT molecular complexity index is 704. The van der Waals surface area contributed by atoms with E-state index in [4.69, 9.17) is 0 Å². The molecule has 0 bridgehead atoms. The van der Waals surface area contributed by atoms with Gasteiger partial charge in [-0.3, -0.25) is 0 Å². The van der Waals surface area contributed by atoms with Gasteiger partial charge in [-0.2, -0.15) is 25.3 Å². The van der Waals surface area contributed by atoms with Crippen LogP contribution in [0.25, 0.3) is 11.1 Å². The van der Waals surface area contributed by atoms with Crippen molar-refractivity contribution in [2.45, 2.75) is 25.1 Å². The second kappa shape index (κ2) is 12.8. The van der Waals surface area contributed by atoms with Gasteiger partial charge in [0.05, 0.1) is 0 Å². The third kappa shape index (κ3) is 8.76. The Morgan fingerprint density at radius 2 is 1.61 bits per heavy atom. The Morgan fingerprint density at radius 1 is 1.00 bits per heavy atom. The SMILES string of the molecule is CN(C)c1ccc(-c2ccc(NCCS)c(CNCC(C)(C)S)c2)cc1.[O-2].[Tc]. The average Bonchev–Trinajstić information content (AvgIpc) is 2.59. The van der Waals surface area contributed by atoms with Crippen LogP contribution in [-0.2, 0) is 32.1 Å². The largest absolute Gasteiger partial charge is 2.00 e. The molecule has 1 radical (unpaired) electrons. The van der Waals surface area contributed by atoms with Gasteiger partial charge >= 0.3 is 0 Å². The van der Waals surface area contributed by atoms with E-state index in [-0.39, 0.29) is 30.3 Å². The van der Waals surface area contributed by atoms with Gasteiger partial charge in [-0.15, -0.1) is 0 Å². The molecule has 2 aromatic rings. The zero-order valence-electron chi connectivity index (χ0n) is 17.0. The number of nitrogens with one attached hydrogen (secondary N) is 2. The van der Waals surface area contributed by atoms with Crippen LogP contribution < -0.4 is 15.5 Å². The van der Waals surface area contributed by atoms with Crippen LogP contribution in [0, 0.1) is 0 Å². The van der Waals surface area contributed by atoms with Gasteiger partial charge < -0.3 is 21.0 Å². The summed E-state index contributed by atoms with van der Waals surface area (Å²) < 4.78 is -0.0295. The summed E-state index contributed by atoms with van der Waals surface area (Å²) in [6.07, 6.45) is 0. The van der Waals surface area contributed by atoms with Crippen molar-refractivity contribution in [2.24, 2.45) is 0 Å². The smallest absolute Gasteiger partial charge is 0.0386 e. The molecule has 0 saturated carbocycles. The molecule has 0 spiro atoms. The summed E-state index contributed by atoms with van der Waals surface area (Å²) in [5.41, 5.74) is 6.09. The first-order chi connectivity index (χ1) is 12.3. The van der Waals surface area contributed by atoms with Gasteiger partial charge in [0.25, 0.3) is 0 Å². The van der Waals surface area contributed by atoms with Gasteiger partial charge in [-0.1, -0.05) is 18.2 Å². The molecule has 0 saturated heterocycles. The Balaban J connectivity index is 0.00000364. The average molecular weight is 504 g/mol. The molecule has 0 aromatic heterocycles. The molecule has 0 unspecified atom stereocenters. The summed E-state index contributed by atoms with van der Waals surface area (Å²) in [6.45, 7) is 6.75. The summed E-state index contributed by atoms with van der Waals surface area (Å²) in [5, 5.41) is 6.99. The molecule has 0 amide bonds. The zero-order valence-corrected chi connectivity index (χ0v) is 20.6. The molecule has 0 atom stereocenters. The minimum Gasteiger partial charge on any atom is -2.00 e. The summed E-state index contributed by atoms with van der Waals surface area (Å²) in [6, 6.07) is 15.3. The fraction of sp³-hybridized carbons (Fsp3) is 0.429. The third-order valence-electron chi connectivity index (χ3n) is 4.12. The summed E-state index contributed by atoms with van der Waals surface area (Å²) in [4.78, 5) is 2.11. The second-order valence-electron chi connectivity index (χ2n) is 7.38. The van der Waals surface area contributed by atoms with Gasteiger partial charge in [-0.05, 0) is 54.8 Å². The van der Waals surface area contributed by atoms with E-state index in [0.29, 0.717) is 0 Å². The van der Waals surface area contributed by atoms with Crippen molar-refractivity contribution in [1.29, 1.82) is 0 Å². The number of benzene rings is 2. The molecular weight excluding hydrogens is 472 g/mol. The van der Waals surface area contributed by atoms with E-state index in [1.54, 1.807) is 0 Å². The van der Waals surface area contributed by atoms with Gasteiger partial charge in [0, 0.05) is 75.7 Å². The van der Waals surface area contributed by atoms with Crippen LogP contribution in [0.3, 0.4) is 0 Å². The topological polar surface area (TPSA) is 55.8 Å². The molecule has 0 aliphatic rings. The minimum atomic E-state index is -0.0295. The zero-order chi connectivity index (χ0) is 19.2. The molecule has 4 nitrogen and oxygen atoms in total. The van der Waals surface area contributed by atoms with E-state index in [1.165, 1.54) is 22.4 Å². The molecular formula is C21H31N3OS2Tc-2. The Morgan fingerprint density at radius 3 is 2.14 bits per heavy atom. The number of hydrogen-bond donors (Lipinski definition) is 4. The van der Waals surface area contributed by atoms with Crippen LogP contribution in [0.1, 0.15) is 19.4 Å². The van der Waals surface area contributed by atoms with E-state index in [2.05, 4.69) is 111 Å². The maximum Gasteiger partial charge on any atom is 0.0386 e. The van der Waals surface area contributed by atoms with E-state index in [9.17, 15) is 0 Å². The van der Waals surface area contributed by atoms with Crippen molar-refractivity contribution >= 4 is 36.6 Å². The first-order valence-electron chi connectivity index (χ1n) is 8.99. The van der Waals surface area contributed by atoms with Crippen LogP contribution >= 0.6 is 25.3 Å². The fourth-order valence-corrected chi connectivity index (χ4v) is 2.96. The van der Waals surface area contributed by atoms with Gasteiger partial charge in [0.15, 0.2) is 0 Å². The molecule has 157 valence electrons. The van der Waals surface area contributed by atoms with Crippen LogP contribution in [0.15, 0.2) is 42.5 Å². The van der Waals surface area contributed by atoms with Gasteiger partial charge in [-0.25, -0.2) is 0 Å². The summed E-state index contributed by atoms with van der Waals surface area (Å²) in [7, 11) is 4.12. The van der Waals surface area contributed by atoms with E-state index in [1.807, 2.05) is 0 Å². The van der Waals surface area contributed by atoms with Gasteiger partial charge in [0.2, 0.25) is 0 Å². The molecule has 2 rings (SSSR count). The predicted octanol–water partition coefficient (Wildman–Crippen LogP) is 4.44. The maximum atomic E-state index is 4.59. The quantitative estimate of drug-likeness (QED) is 0.383. The molecule has 2 N–H and O–H groups in total. The van der Waals surface area contributed by atoms with E-state index >= 15 is 0 Å². The third-order valence-corrected chi connectivity index (χ3v) is 4.50. The van der Waals surface area contributed by atoms with Crippen LogP contribution in [0.2, 0.25) is 0 Å². The van der Waals surface area contributed by atoms with Crippen LogP contribution in [0.4, 0.5) is 11.4 Å². The van der Waals surface area contributed by atoms with Crippen molar-refractivity contribution in [2.75, 3.05) is 43.2 Å². The first kappa shape index (κ1) is 27.3. The normalized spacial score (nSPS) is 10.6. The number of rotatable bonds is 9. The second-order valence-corrected chi connectivity index (χ2v) is 9.04. The van der Waals surface area contributed by atoms with Crippen LogP contribution in [-0.4, -0.2) is 37.7 Å². The molecule has 0 fully saturated rings. The number of hydrogen-bond acceptors (Lipinski definition) is 5. The Hall–Kier alpha value is -0.691. The molecule has 2 aromatic carbocycles. The van der Waals surface area contributed by atoms with Crippen molar-refractivity contribution in [3.63, 3.8) is 0 Å². The number of anilines is 2. The maximum absolute atomic E-state index is 4.59. The molecule has 0 aliphatic carbocycles. The standard InChI is InChI=1S/C21H31N3S2.O.Tc/c1-21(2,26)15-22-14-18-13-17(7-10-20(18)23-11-12-25)16-5-8-19(9-6-16)24(3)4;;/h5-10,13,22-23,25-26H,11-12,14-15H2,1-4H3;;/q;-2;.